The molecule has 6 heteroatoms. The molecule has 2 aliphatic rings. The number of aromatic nitrogens is 1. The third-order valence-electron chi connectivity index (χ3n) is 5.59. The number of amides is 1. The van der Waals surface area contributed by atoms with Crippen LogP contribution < -0.4 is 15.0 Å². The molecule has 2 heterocycles. The monoisotopic (exact) mass is 369 g/mol. The van der Waals surface area contributed by atoms with Gasteiger partial charge in [0.05, 0.1) is 7.11 Å². The molecule has 27 heavy (non-hydrogen) atoms. The molecular weight excluding hydrogens is 342 g/mol. The Morgan fingerprint density at radius 1 is 1.26 bits per heavy atom. The number of ether oxygens (including phenoxy) is 1. The normalized spacial score (nSPS) is 19.9. The summed E-state index contributed by atoms with van der Waals surface area (Å²) in [5, 5.41) is 7.27. The third kappa shape index (κ3) is 3.94. The molecule has 144 valence electrons. The number of benzene rings is 1. The summed E-state index contributed by atoms with van der Waals surface area (Å²) in [5.74, 6) is 1.66. The topological polar surface area (TPSA) is 67.6 Å². The number of hydrogen-bond acceptors (Lipinski definition) is 5. The lowest BCUT2D eigenvalue weighted by atomic mass is 10.0. The largest absolute Gasteiger partial charge is 0.497 e. The molecule has 1 aromatic heterocycles. The second kappa shape index (κ2) is 8.03. The number of rotatable bonds is 4. The standard InChI is InChI=1S/C21H27N3O3/c1-26-17-9-5-8-16(13-17)24-12-6-7-15(14-24)22-21(25)20-18-10-3-2-4-11-19(18)27-23-20/h5,8-9,13,15H,2-4,6-7,10-12,14H2,1H3,(H,22,25). The molecule has 1 N–H and O–H groups in total. The molecule has 0 bridgehead atoms. The maximum absolute atomic E-state index is 12.8. The van der Waals surface area contributed by atoms with Crippen molar-refractivity contribution in [3.05, 3.63) is 41.3 Å². The predicted molar refractivity (Wildman–Crippen MR) is 103 cm³/mol. The van der Waals surface area contributed by atoms with Gasteiger partial charge in [-0.1, -0.05) is 17.6 Å². The van der Waals surface area contributed by atoms with Crippen LogP contribution in [0.3, 0.4) is 0 Å². The maximum Gasteiger partial charge on any atom is 0.274 e. The van der Waals surface area contributed by atoms with Crippen LogP contribution in [0.25, 0.3) is 0 Å². The van der Waals surface area contributed by atoms with Crippen molar-refractivity contribution >= 4 is 11.6 Å². The first kappa shape index (κ1) is 17.9. The Balaban J connectivity index is 1.43. The zero-order valence-electron chi connectivity index (χ0n) is 15.9. The Kier molecular flexibility index (Phi) is 5.32. The van der Waals surface area contributed by atoms with Crippen molar-refractivity contribution in [3.8, 4) is 5.75 Å². The van der Waals surface area contributed by atoms with E-state index in [9.17, 15) is 4.79 Å². The average Bonchev–Trinajstić information content (AvgIpc) is 2.97. The van der Waals surface area contributed by atoms with Crippen LogP contribution in [0.2, 0.25) is 0 Å². The number of aryl methyl sites for hydroxylation is 1. The number of nitrogens with zero attached hydrogens (tertiary/aromatic N) is 2. The molecule has 1 aliphatic heterocycles. The Hall–Kier alpha value is -2.50. The lowest BCUT2D eigenvalue weighted by Gasteiger charge is -2.34. The molecule has 1 fully saturated rings. The second-order valence-electron chi connectivity index (χ2n) is 7.45. The lowest BCUT2D eigenvalue weighted by Crippen LogP contribution is -2.48. The predicted octanol–water partition coefficient (Wildman–Crippen LogP) is 3.35. The van der Waals surface area contributed by atoms with Crippen molar-refractivity contribution in [1.82, 2.24) is 10.5 Å². The van der Waals surface area contributed by atoms with Crippen LogP contribution in [0.4, 0.5) is 5.69 Å². The highest BCUT2D eigenvalue weighted by molar-refractivity contribution is 5.94. The first-order valence-electron chi connectivity index (χ1n) is 9.92. The average molecular weight is 369 g/mol. The van der Waals surface area contributed by atoms with Gasteiger partial charge in [-0.3, -0.25) is 4.79 Å². The number of anilines is 1. The fourth-order valence-electron chi connectivity index (χ4n) is 4.13. The summed E-state index contributed by atoms with van der Waals surface area (Å²) in [5.41, 5.74) is 2.64. The van der Waals surface area contributed by atoms with Gasteiger partial charge in [0, 0.05) is 42.9 Å². The molecule has 0 radical (unpaired) electrons. The smallest absolute Gasteiger partial charge is 0.274 e. The van der Waals surface area contributed by atoms with Crippen LogP contribution in [0, 0.1) is 0 Å². The van der Waals surface area contributed by atoms with Gasteiger partial charge >= 0.3 is 0 Å². The van der Waals surface area contributed by atoms with Gasteiger partial charge < -0.3 is 19.5 Å². The Morgan fingerprint density at radius 3 is 3.04 bits per heavy atom. The first-order chi connectivity index (χ1) is 13.2. The summed E-state index contributed by atoms with van der Waals surface area (Å²) in [4.78, 5) is 15.1. The molecule has 2 aromatic rings. The van der Waals surface area contributed by atoms with E-state index >= 15 is 0 Å². The molecule has 6 nitrogen and oxygen atoms in total. The van der Waals surface area contributed by atoms with Crippen LogP contribution in [0.1, 0.15) is 53.9 Å². The van der Waals surface area contributed by atoms with Crippen LogP contribution in [0.15, 0.2) is 28.8 Å². The number of carbonyl (C=O) groups excluding carboxylic acids is 1. The molecule has 1 saturated heterocycles. The van der Waals surface area contributed by atoms with Crippen molar-refractivity contribution < 1.29 is 14.1 Å². The Morgan fingerprint density at radius 2 is 2.15 bits per heavy atom. The minimum absolute atomic E-state index is 0.0978. The summed E-state index contributed by atoms with van der Waals surface area (Å²) in [7, 11) is 1.68. The van der Waals surface area contributed by atoms with E-state index in [1.807, 2.05) is 18.2 Å². The Bertz CT molecular complexity index is 802. The molecule has 1 atom stereocenters. The number of fused-ring (bicyclic) bond motifs is 1. The zero-order valence-corrected chi connectivity index (χ0v) is 15.9. The fourth-order valence-corrected chi connectivity index (χ4v) is 4.13. The van der Waals surface area contributed by atoms with Gasteiger partial charge in [0.2, 0.25) is 0 Å². The van der Waals surface area contributed by atoms with Gasteiger partial charge in [-0.25, -0.2) is 0 Å². The molecule has 0 spiro atoms. The number of methoxy groups -OCH3 is 1. The van der Waals surface area contributed by atoms with Gasteiger partial charge in [0.25, 0.3) is 5.91 Å². The van der Waals surface area contributed by atoms with E-state index in [4.69, 9.17) is 9.26 Å². The summed E-state index contributed by atoms with van der Waals surface area (Å²) >= 11 is 0. The van der Waals surface area contributed by atoms with Crippen molar-refractivity contribution in [2.75, 3.05) is 25.1 Å². The van der Waals surface area contributed by atoms with E-state index < -0.39 is 0 Å². The van der Waals surface area contributed by atoms with E-state index in [1.54, 1.807) is 7.11 Å². The van der Waals surface area contributed by atoms with Crippen molar-refractivity contribution in [2.24, 2.45) is 0 Å². The van der Waals surface area contributed by atoms with Gasteiger partial charge in [-0.05, 0) is 44.2 Å². The molecule has 1 aliphatic carbocycles. The molecular formula is C21H27N3O3. The third-order valence-corrected chi connectivity index (χ3v) is 5.59. The second-order valence-corrected chi connectivity index (χ2v) is 7.45. The van der Waals surface area contributed by atoms with Gasteiger partial charge in [-0.2, -0.15) is 0 Å². The Labute approximate surface area is 159 Å². The van der Waals surface area contributed by atoms with Crippen molar-refractivity contribution in [3.63, 3.8) is 0 Å². The van der Waals surface area contributed by atoms with Gasteiger partial charge in [0.1, 0.15) is 11.5 Å². The number of hydrogen-bond donors (Lipinski definition) is 1. The summed E-state index contributed by atoms with van der Waals surface area (Å²) in [6.45, 7) is 1.78. The quantitative estimate of drug-likeness (QED) is 0.837. The van der Waals surface area contributed by atoms with E-state index in [2.05, 4.69) is 21.4 Å². The van der Waals surface area contributed by atoms with Crippen molar-refractivity contribution in [2.45, 2.75) is 51.0 Å². The summed E-state index contributed by atoms with van der Waals surface area (Å²) in [6, 6.07) is 8.19. The van der Waals surface area contributed by atoms with E-state index in [-0.39, 0.29) is 11.9 Å². The first-order valence-corrected chi connectivity index (χ1v) is 9.92. The molecule has 4 rings (SSSR count). The maximum atomic E-state index is 12.8. The minimum Gasteiger partial charge on any atom is -0.497 e. The number of piperidine rings is 1. The van der Waals surface area contributed by atoms with Gasteiger partial charge in [0.15, 0.2) is 5.69 Å². The SMILES string of the molecule is COc1cccc(N2CCCC(NC(=O)c3noc4c3CCCCC4)C2)c1. The van der Waals surface area contributed by atoms with Crippen LogP contribution in [0.5, 0.6) is 5.75 Å². The fraction of sp³-hybridized carbons (Fsp3) is 0.524. The minimum atomic E-state index is -0.0978. The summed E-state index contributed by atoms with van der Waals surface area (Å²) in [6.07, 6.45) is 7.20. The molecule has 0 saturated carbocycles. The van der Waals surface area contributed by atoms with Gasteiger partial charge in [-0.15, -0.1) is 0 Å². The van der Waals surface area contributed by atoms with E-state index in [0.717, 1.165) is 74.4 Å². The van der Waals surface area contributed by atoms with E-state index in [1.165, 1.54) is 6.42 Å². The highest BCUT2D eigenvalue weighted by atomic mass is 16.5. The highest BCUT2D eigenvalue weighted by Crippen LogP contribution is 2.26. The van der Waals surface area contributed by atoms with E-state index in [0.29, 0.717) is 5.69 Å². The molecule has 1 unspecified atom stereocenters. The molecule has 1 aromatic carbocycles. The summed E-state index contributed by atoms with van der Waals surface area (Å²) < 4.78 is 10.8. The van der Waals surface area contributed by atoms with Crippen LogP contribution in [-0.4, -0.2) is 37.3 Å². The van der Waals surface area contributed by atoms with Crippen molar-refractivity contribution in [1.29, 1.82) is 0 Å². The number of nitrogens with one attached hydrogen (secondary N) is 1. The molecule has 1 amide bonds. The zero-order chi connectivity index (χ0) is 18.6. The highest BCUT2D eigenvalue weighted by Gasteiger charge is 2.27. The van der Waals surface area contributed by atoms with Crippen LogP contribution >= 0.6 is 0 Å². The van der Waals surface area contributed by atoms with Crippen LogP contribution in [-0.2, 0) is 12.8 Å². The lowest BCUT2D eigenvalue weighted by molar-refractivity contribution is 0.0923. The number of carbonyl (C=O) groups is 1.